The van der Waals surface area contributed by atoms with Gasteiger partial charge in [-0.15, -0.1) is 0 Å². The maximum absolute atomic E-state index is 4.72. The molecular formula is C15H25N5. The lowest BCUT2D eigenvalue weighted by molar-refractivity contribution is 0.288. The summed E-state index contributed by atoms with van der Waals surface area (Å²) in [5.74, 6) is 3.39. The minimum absolute atomic E-state index is 0.752. The van der Waals surface area contributed by atoms with Crippen LogP contribution in [-0.2, 0) is 6.42 Å². The third-order valence-corrected chi connectivity index (χ3v) is 4.46. The minimum atomic E-state index is 0.752. The molecule has 3 N–H and O–H groups in total. The van der Waals surface area contributed by atoms with Crippen molar-refractivity contribution in [2.75, 3.05) is 29.2 Å². The molecule has 0 spiro atoms. The largest absolute Gasteiger partial charge is 0.363 e. The molecule has 1 aliphatic carbocycles. The lowest BCUT2D eigenvalue weighted by atomic mass is 9.81. The summed E-state index contributed by atoms with van der Waals surface area (Å²) in [6.07, 6.45) is 6.48. The third-order valence-electron chi connectivity index (χ3n) is 4.46. The van der Waals surface area contributed by atoms with E-state index in [0.29, 0.717) is 0 Å². The van der Waals surface area contributed by atoms with Crippen molar-refractivity contribution >= 4 is 17.5 Å². The smallest absolute Gasteiger partial charge is 0.225 e. The fourth-order valence-electron chi connectivity index (χ4n) is 3.23. The zero-order valence-corrected chi connectivity index (χ0v) is 12.5. The number of rotatable bonds is 4. The van der Waals surface area contributed by atoms with Gasteiger partial charge in [-0.2, -0.15) is 4.98 Å². The van der Waals surface area contributed by atoms with Crippen LogP contribution in [-0.4, -0.2) is 23.2 Å². The predicted octanol–water partition coefficient (Wildman–Crippen LogP) is 3.07. The highest BCUT2D eigenvalue weighted by atomic mass is 15.2. The second-order valence-corrected chi connectivity index (χ2v) is 6.11. The van der Waals surface area contributed by atoms with Gasteiger partial charge in [-0.25, -0.2) is 4.98 Å². The summed E-state index contributed by atoms with van der Waals surface area (Å²) >= 11 is 0. The van der Waals surface area contributed by atoms with E-state index >= 15 is 0 Å². The van der Waals surface area contributed by atoms with E-state index in [9.17, 15) is 0 Å². The van der Waals surface area contributed by atoms with Crippen molar-refractivity contribution in [1.82, 2.24) is 9.97 Å². The zero-order valence-electron chi connectivity index (χ0n) is 12.5. The summed E-state index contributed by atoms with van der Waals surface area (Å²) in [5, 5.41) is 9.89. The van der Waals surface area contributed by atoms with Crippen LogP contribution in [0.4, 0.5) is 17.5 Å². The summed E-state index contributed by atoms with van der Waals surface area (Å²) in [7, 11) is 0. The minimum Gasteiger partial charge on any atom is -0.363 e. The van der Waals surface area contributed by atoms with Crippen molar-refractivity contribution in [1.29, 1.82) is 0 Å². The van der Waals surface area contributed by atoms with Crippen LogP contribution < -0.4 is 16.0 Å². The van der Waals surface area contributed by atoms with E-state index in [1.165, 1.54) is 31.4 Å². The molecule has 0 saturated heterocycles. The van der Waals surface area contributed by atoms with Gasteiger partial charge in [-0.05, 0) is 38.0 Å². The molecule has 0 radical (unpaired) electrons. The Kier molecular flexibility index (Phi) is 3.94. The Balaban J connectivity index is 1.77. The van der Waals surface area contributed by atoms with Gasteiger partial charge in [-0.1, -0.05) is 19.8 Å². The number of nitrogens with one attached hydrogen (secondary N) is 3. The molecule has 0 unspecified atom stereocenters. The van der Waals surface area contributed by atoms with Gasteiger partial charge >= 0.3 is 0 Å². The van der Waals surface area contributed by atoms with Gasteiger partial charge < -0.3 is 16.0 Å². The number of hydrogen-bond donors (Lipinski definition) is 3. The van der Waals surface area contributed by atoms with Crippen molar-refractivity contribution in [2.45, 2.75) is 46.0 Å². The van der Waals surface area contributed by atoms with Gasteiger partial charge in [0.15, 0.2) is 5.82 Å². The van der Waals surface area contributed by atoms with Gasteiger partial charge in [0.2, 0.25) is 5.95 Å². The third kappa shape index (κ3) is 2.81. The van der Waals surface area contributed by atoms with Gasteiger partial charge in [0.1, 0.15) is 5.69 Å². The van der Waals surface area contributed by atoms with E-state index < -0.39 is 0 Å². The SMILES string of the molecule is CCNc1nc(CC2CCC(C)CC2)c2c(n1)NCN2. The van der Waals surface area contributed by atoms with Crippen LogP contribution in [0.5, 0.6) is 0 Å². The molecule has 0 aromatic carbocycles. The zero-order chi connectivity index (χ0) is 13.9. The summed E-state index contributed by atoms with van der Waals surface area (Å²) in [5.41, 5.74) is 2.29. The molecule has 2 aliphatic rings. The lowest BCUT2D eigenvalue weighted by Crippen LogP contribution is -2.16. The summed E-state index contributed by atoms with van der Waals surface area (Å²) in [6.45, 7) is 6.05. The highest BCUT2D eigenvalue weighted by Crippen LogP contribution is 2.35. The molecule has 0 bridgehead atoms. The molecule has 1 aromatic rings. The van der Waals surface area contributed by atoms with E-state index in [0.717, 1.165) is 48.9 Å². The van der Waals surface area contributed by atoms with Crippen LogP contribution in [0.3, 0.4) is 0 Å². The number of aromatic nitrogens is 2. The Morgan fingerprint density at radius 3 is 2.70 bits per heavy atom. The first kappa shape index (κ1) is 13.5. The Morgan fingerprint density at radius 1 is 1.15 bits per heavy atom. The number of fused-ring (bicyclic) bond motifs is 1. The van der Waals surface area contributed by atoms with Crippen molar-refractivity contribution in [3.63, 3.8) is 0 Å². The molecule has 110 valence electrons. The Labute approximate surface area is 121 Å². The fourth-order valence-corrected chi connectivity index (χ4v) is 3.23. The normalized spacial score (nSPS) is 24.7. The molecule has 5 heteroatoms. The van der Waals surface area contributed by atoms with Gasteiger partial charge in [0, 0.05) is 6.54 Å². The highest BCUT2D eigenvalue weighted by molar-refractivity contribution is 5.72. The van der Waals surface area contributed by atoms with Gasteiger partial charge in [-0.3, -0.25) is 0 Å². The number of anilines is 3. The quantitative estimate of drug-likeness (QED) is 0.788. The molecule has 1 fully saturated rings. The van der Waals surface area contributed by atoms with Crippen molar-refractivity contribution in [3.8, 4) is 0 Å². The van der Waals surface area contributed by atoms with E-state index in [4.69, 9.17) is 4.98 Å². The first-order valence-corrected chi connectivity index (χ1v) is 7.88. The molecule has 5 nitrogen and oxygen atoms in total. The second kappa shape index (κ2) is 5.85. The first-order valence-electron chi connectivity index (χ1n) is 7.88. The van der Waals surface area contributed by atoms with Crippen molar-refractivity contribution in [3.05, 3.63) is 5.69 Å². The standard InChI is InChI=1S/C15H25N5/c1-3-16-15-19-12(13-14(20-15)18-9-17-13)8-11-6-4-10(2)5-7-11/h10-11,17H,3-9H2,1-2H3,(H2,16,18,19,20). The van der Waals surface area contributed by atoms with Crippen LogP contribution >= 0.6 is 0 Å². The van der Waals surface area contributed by atoms with Crippen LogP contribution in [0, 0.1) is 11.8 Å². The van der Waals surface area contributed by atoms with E-state index in [1.807, 2.05) is 0 Å². The Morgan fingerprint density at radius 2 is 1.95 bits per heavy atom. The summed E-state index contributed by atoms with van der Waals surface area (Å²) < 4.78 is 0. The molecule has 20 heavy (non-hydrogen) atoms. The molecule has 3 rings (SSSR count). The monoisotopic (exact) mass is 275 g/mol. The molecule has 0 atom stereocenters. The Hall–Kier alpha value is -1.52. The fraction of sp³-hybridized carbons (Fsp3) is 0.733. The van der Waals surface area contributed by atoms with Crippen molar-refractivity contribution in [2.24, 2.45) is 11.8 Å². The van der Waals surface area contributed by atoms with Crippen LogP contribution in [0.2, 0.25) is 0 Å². The maximum Gasteiger partial charge on any atom is 0.225 e. The average Bonchev–Trinajstić information content (AvgIpc) is 2.90. The van der Waals surface area contributed by atoms with Gasteiger partial charge in [0.25, 0.3) is 0 Å². The van der Waals surface area contributed by atoms with Crippen LogP contribution in [0.15, 0.2) is 0 Å². The topological polar surface area (TPSA) is 61.9 Å². The predicted molar refractivity (Wildman–Crippen MR) is 83.1 cm³/mol. The molecular weight excluding hydrogens is 250 g/mol. The molecule has 0 amide bonds. The second-order valence-electron chi connectivity index (χ2n) is 6.11. The first-order chi connectivity index (χ1) is 9.76. The average molecular weight is 275 g/mol. The molecule has 2 heterocycles. The maximum atomic E-state index is 4.72. The van der Waals surface area contributed by atoms with E-state index in [2.05, 4.69) is 34.8 Å². The number of hydrogen-bond acceptors (Lipinski definition) is 5. The summed E-state index contributed by atoms with van der Waals surface area (Å²) in [4.78, 5) is 9.24. The number of nitrogens with zero attached hydrogens (tertiary/aromatic N) is 2. The van der Waals surface area contributed by atoms with Crippen LogP contribution in [0.25, 0.3) is 0 Å². The lowest BCUT2D eigenvalue weighted by Gasteiger charge is -2.26. The summed E-state index contributed by atoms with van der Waals surface area (Å²) in [6, 6.07) is 0. The molecule has 1 aromatic heterocycles. The van der Waals surface area contributed by atoms with E-state index in [1.54, 1.807) is 0 Å². The molecule has 1 saturated carbocycles. The highest BCUT2D eigenvalue weighted by Gasteiger charge is 2.24. The Bertz CT molecular complexity index is 466. The van der Waals surface area contributed by atoms with Crippen LogP contribution in [0.1, 0.15) is 45.2 Å². The van der Waals surface area contributed by atoms with Crippen molar-refractivity contribution < 1.29 is 0 Å². The van der Waals surface area contributed by atoms with E-state index in [-0.39, 0.29) is 0 Å². The van der Waals surface area contributed by atoms with Gasteiger partial charge in [0.05, 0.1) is 12.4 Å². The molecule has 1 aliphatic heterocycles.